The number of aliphatic hydroxyl groups is 1. The summed E-state index contributed by atoms with van der Waals surface area (Å²) >= 11 is 0. The first kappa shape index (κ1) is 28.1. The summed E-state index contributed by atoms with van der Waals surface area (Å²) in [7, 11) is 0. The molecule has 0 bridgehead atoms. The first-order valence-electron chi connectivity index (χ1n) is 6.49. The summed E-state index contributed by atoms with van der Waals surface area (Å²) in [6.45, 7) is -4.45. The molecule has 0 aliphatic heterocycles. The summed E-state index contributed by atoms with van der Waals surface area (Å²) in [6, 6.07) is 0. The van der Waals surface area contributed by atoms with Crippen LogP contribution in [0.5, 0.6) is 0 Å². The maximum absolute atomic E-state index is 11.7. The molecule has 0 heterocycles. The minimum absolute atomic E-state index is 0. The number of hydrogen-bond acceptors (Lipinski definition) is 11. The third-order valence-electron chi connectivity index (χ3n) is 2.58. The fourth-order valence-corrected chi connectivity index (χ4v) is 1.86. The number of esters is 1. The first-order chi connectivity index (χ1) is 10.7. The number of carboxylic acid groups (broad SMARTS) is 3. The number of carboxylic acids is 3. The fourth-order valence-electron chi connectivity index (χ4n) is 1.86. The zero-order valence-corrected chi connectivity index (χ0v) is 14.4. The van der Waals surface area contributed by atoms with E-state index in [2.05, 4.69) is 4.74 Å². The van der Waals surface area contributed by atoms with Gasteiger partial charge in [0.05, 0.1) is 37.7 Å². The van der Waals surface area contributed by atoms with Crippen LogP contribution < -0.4 is 21.5 Å². The van der Waals surface area contributed by atoms with Crippen LogP contribution in [-0.4, -0.2) is 86.1 Å². The van der Waals surface area contributed by atoms with Gasteiger partial charge in [0.1, 0.15) is 26.2 Å². The van der Waals surface area contributed by atoms with Gasteiger partial charge in [-0.15, -0.1) is 0 Å². The molecular formula is C12H20FeN2O10-2. The van der Waals surface area contributed by atoms with Crippen molar-refractivity contribution in [1.82, 2.24) is 6.15 Å². The smallest absolute Gasteiger partial charge is 0.361 e. The number of rotatable bonds is 13. The fraction of sp³-hybridized carbons (Fsp3) is 0.667. The van der Waals surface area contributed by atoms with E-state index in [1.807, 2.05) is 0 Å². The van der Waals surface area contributed by atoms with Gasteiger partial charge in [0.25, 0.3) is 0 Å². The second kappa shape index (κ2) is 14.6. The zero-order chi connectivity index (χ0) is 17.9. The quantitative estimate of drug-likeness (QED) is 0.127. The van der Waals surface area contributed by atoms with Crippen LogP contribution in [0.4, 0.5) is 0 Å². The third-order valence-corrected chi connectivity index (χ3v) is 2.58. The minimum atomic E-state index is -1.74. The molecule has 0 rings (SSSR count). The number of aliphatic carboxylic acids is 3. The summed E-state index contributed by atoms with van der Waals surface area (Å²) < 4.78 is 8.31. The number of ether oxygens (including phenoxy) is 2. The van der Waals surface area contributed by atoms with Gasteiger partial charge in [0.15, 0.2) is 6.54 Å². The maximum Gasteiger partial charge on any atom is 0.361 e. The zero-order valence-electron chi connectivity index (χ0n) is 13.3. The molecule has 25 heavy (non-hydrogen) atoms. The van der Waals surface area contributed by atoms with E-state index in [4.69, 9.17) is 9.84 Å². The molecule has 0 aliphatic carbocycles. The number of aliphatic hydroxyl groups excluding tert-OH is 1. The molecule has 0 aliphatic rings. The van der Waals surface area contributed by atoms with Gasteiger partial charge in [-0.25, -0.2) is 4.79 Å². The van der Waals surface area contributed by atoms with Crippen molar-refractivity contribution in [3.63, 3.8) is 0 Å². The molecule has 13 heteroatoms. The van der Waals surface area contributed by atoms with E-state index in [9.17, 15) is 34.5 Å². The molecule has 0 spiro atoms. The van der Waals surface area contributed by atoms with Crippen molar-refractivity contribution in [1.29, 1.82) is 0 Å². The molecular weight excluding hydrogens is 388 g/mol. The molecule has 0 unspecified atom stereocenters. The van der Waals surface area contributed by atoms with Crippen molar-refractivity contribution in [2.75, 3.05) is 52.6 Å². The van der Waals surface area contributed by atoms with Crippen LogP contribution in [0.1, 0.15) is 0 Å². The number of carbonyl (C=O) groups excluding carboxylic acids is 4. The number of nitrogens with zero attached hydrogens (tertiary/aromatic N) is 1. The van der Waals surface area contributed by atoms with E-state index in [0.717, 1.165) is 0 Å². The summed E-state index contributed by atoms with van der Waals surface area (Å²) in [5.41, 5.74) is 0. The van der Waals surface area contributed by atoms with Gasteiger partial charge in [-0.1, -0.05) is 0 Å². The molecule has 0 radical (unpaired) electrons. The van der Waals surface area contributed by atoms with Crippen LogP contribution >= 0.6 is 0 Å². The Labute approximate surface area is 154 Å². The first-order valence-corrected chi connectivity index (χ1v) is 6.49. The Morgan fingerprint density at radius 3 is 1.60 bits per heavy atom. The van der Waals surface area contributed by atoms with Crippen LogP contribution in [0.2, 0.25) is 0 Å². The largest absolute Gasteiger partial charge is 0.544 e. The monoisotopic (exact) mass is 408 g/mol. The Kier molecular flexibility index (Phi) is 16.4. The Morgan fingerprint density at radius 1 is 0.800 bits per heavy atom. The second-order valence-corrected chi connectivity index (χ2v) is 4.65. The van der Waals surface area contributed by atoms with Crippen LogP contribution in [0, 0.1) is 0 Å². The van der Waals surface area contributed by atoms with Gasteiger partial charge in [-0.05, 0) is 0 Å². The summed E-state index contributed by atoms with van der Waals surface area (Å²) in [5.74, 6) is -6.26. The molecule has 0 saturated carbocycles. The number of carbonyl (C=O) groups is 4. The van der Waals surface area contributed by atoms with E-state index in [1.165, 1.54) is 0 Å². The molecule has 148 valence electrons. The van der Waals surface area contributed by atoms with Crippen molar-refractivity contribution >= 4 is 23.9 Å². The van der Waals surface area contributed by atoms with Crippen LogP contribution in [0.25, 0.3) is 0 Å². The molecule has 4 N–H and O–H groups in total. The minimum Gasteiger partial charge on any atom is -0.544 e. The van der Waals surface area contributed by atoms with Crippen molar-refractivity contribution in [3.05, 3.63) is 0 Å². The van der Waals surface area contributed by atoms with E-state index in [1.54, 1.807) is 0 Å². The topological polar surface area (TPSA) is 211 Å². The normalized spacial score (nSPS) is 10.1. The second-order valence-electron chi connectivity index (χ2n) is 4.65. The van der Waals surface area contributed by atoms with Crippen LogP contribution in [-0.2, 0) is 45.7 Å². The molecule has 0 atom stereocenters. The van der Waals surface area contributed by atoms with Crippen molar-refractivity contribution < 1.29 is 70.6 Å². The van der Waals surface area contributed by atoms with Gasteiger partial charge in [0, 0.05) is 17.1 Å². The molecule has 0 aromatic carbocycles. The standard InChI is InChI=1S/C12H19NO10.Fe.H3N/c14-1-2-22-3-4-23-12(21)8-13(5-9(15)16,6-10(17)18)7-11(19)20;;/h14H,1-8H2,(H2-,15,16,17,18,19,20);;1H3/p-2. The van der Waals surface area contributed by atoms with Gasteiger partial charge in [0.2, 0.25) is 0 Å². The van der Waals surface area contributed by atoms with E-state index >= 15 is 0 Å². The Hall–Kier alpha value is -1.76. The SMILES string of the molecule is N.O=C([O-])C[N+](CC(=O)[O-])(CC(=O)[O-])CC(=O)OCCOCCO.[Fe]. The van der Waals surface area contributed by atoms with E-state index < -0.39 is 54.5 Å². The number of hydrogen-bond donors (Lipinski definition) is 2. The summed E-state index contributed by atoms with van der Waals surface area (Å²) in [6.07, 6.45) is 0. The maximum atomic E-state index is 11.7. The molecule has 0 saturated heterocycles. The average molecular weight is 408 g/mol. The summed E-state index contributed by atoms with van der Waals surface area (Å²) in [4.78, 5) is 43.9. The van der Waals surface area contributed by atoms with Gasteiger partial charge >= 0.3 is 5.97 Å². The van der Waals surface area contributed by atoms with Gasteiger partial charge < -0.3 is 54.9 Å². The molecule has 0 aromatic rings. The molecule has 0 amide bonds. The van der Waals surface area contributed by atoms with Crippen molar-refractivity contribution in [3.8, 4) is 0 Å². The predicted molar refractivity (Wildman–Crippen MR) is 68.6 cm³/mol. The van der Waals surface area contributed by atoms with Gasteiger partial charge in [-0.2, -0.15) is 0 Å². The molecule has 0 fully saturated rings. The summed E-state index contributed by atoms with van der Waals surface area (Å²) in [5, 5.41) is 40.7. The Morgan fingerprint density at radius 2 is 1.24 bits per heavy atom. The average Bonchev–Trinajstić information content (AvgIpc) is 2.35. The molecule has 12 nitrogen and oxygen atoms in total. The predicted octanol–water partition coefficient (Wildman–Crippen LogP) is -6.24. The number of quaternary nitrogens is 1. The molecule has 0 aromatic heterocycles. The van der Waals surface area contributed by atoms with Gasteiger partial charge in [-0.3, -0.25) is 0 Å². The third kappa shape index (κ3) is 14.3. The van der Waals surface area contributed by atoms with Crippen LogP contribution in [0.3, 0.4) is 0 Å². The van der Waals surface area contributed by atoms with Crippen LogP contribution in [0.15, 0.2) is 0 Å². The van der Waals surface area contributed by atoms with Crippen molar-refractivity contribution in [2.45, 2.75) is 0 Å². The Bertz CT molecular complexity index is 405. The Balaban J connectivity index is -0.00000242. The van der Waals surface area contributed by atoms with E-state index in [0.29, 0.717) is 0 Å². The van der Waals surface area contributed by atoms with E-state index in [-0.39, 0.29) is 49.6 Å². The van der Waals surface area contributed by atoms with Crippen molar-refractivity contribution in [2.24, 2.45) is 0 Å².